The molecule has 1 N–H and O–H groups in total. The Kier molecular flexibility index (Phi) is 6.00. The molecule has 1 aromatic rings. The molecule has 0 saturated heterocycles. The summed E-state index contributed by atoms with van der Waals surface area (Å²) in [6.07, 6.45) is 6.51. The largest absolute Gasteiger partial charge is 0.343 e. The van der Waals surface area contributed by atoms with E-state index in [9.17, 15) is 0 Å². The predicted molar refractivity (Wildman–Crippen MR) is 59.3 cm³/mol. The number of unbranched alkanes of at least 4 members (excludes halogenated alkanes) is 1. The van der Waals surface area contributed by atoms with E-state index in [0.717, 1.165) is 18.3 Å². The number of hydrogen-bond donors (Lipinski definition) is 1. The van der Waals surface area contributed by atoms with E-state index in [4.69, 9.17) is 0 Å². The van der Waals surface area contributed by atoms with Crippen molar-refractivity contribution >= 4 is 0 Å². The molecule has 0 fully saturated rings. The van der Waals surface area contributed by atoms with Crippen LogP contribution in [-0.4, -0.2) is 16.7 Å². The first-order valence-corrected chi connectivity index (χ1v) is 5.82. The van der Waals surface area contributed by atoms with Gasteiger partial charge in [-0.3, -0.25) is 0 Å². The van der Waals surface area contributed by atoms with Crippen molar-refractivity contribution < 1.29 is 4.52 Å². The van der Waals surface area contributed by atoms with Crippen molar-refractivity contribution in [1.82, 2.24) is 15.5 Å². The highest BCUT2D eigenvalue weighted by atomic mass is 16.5. The number of aromatic nitrogens is 2. The van der Waals surface area contributed by atoms with Gasteiger partial charge in [0.05, 0.1) is 6.54 Å². The second kappa shape index (κ2) is 7.40. The van der Waals surface area contributed by atoms with Gasteiger partial charge in [0.15, 0.2) is 5.82 Å². The first-order valence-electron chi connectivity index (χ1n) is 5.82. The quantitative estimate of drug-likeness (QED) is 0.717. The Balaban J connectivity index is 2.11. The van der Waals surface area contributed by atoms with Crippen LogP contribution in [0.2, 0.25) is 0 Å². The van der Waals surface area contributed by atoms with Gasteiger partial charge in [-0.25, -0.2) is 0 Å². The monoisotopic (exact) mass is 211 g/mol. The lowest BCUT2D eigenvalue weighted by Crippen LogP contribution is -2.22. The summed E-state index contributed by atoms with van der Waals surface area (Å²) in [6.45, 7) is 6.24. The number of nitrogens with zero attached hydrogens (tertiary/aromatic N) is 2. The van der Waals surface area contributed by atoms with Crippen molar-refractivity contribution in [3.8, 4) is 0 Å². The molecule has 0 amide bonds. The van der Waals surface area contributed by atoms with Gasteiger partial charge in [-0.05, 0) is 18.9 Å². The van der Waals surface area contributed by atoms with Gasteiger partial charge in [0.25, 0.3) is 0 Å². The molecule has 1 rings (SSSR count). The van der Waals surface area contributed by atoms with Gasteiger partial charge in [0.2, 0.25) is 6.39 Å². The molecule has 15 heavy (non-hydrogen) atoms. The van der Waals surface area contributed by atoms with E-state index in [1.165, 1.54) is 32.1 Å². The second-order valence-corrected chi connectivity index (χ2v) is 3.89. The topological polar surface area (TPSA) is 51.0 Å². The van der Waals surface area contributed by atoms with Crippen LogP contribution in [0.15, 0.2) is 10.9 Å². The lowest BCUT2D eigenvalue weighted by molar-refractivity contribution is 0.395. The minimum Gasteiger partial charge on any atom is -0.343 e. The van der Waals surface area contributed by atoms with Crippen molar-refractivity contribution in [3.63, 3.8) is 0 Å². The van der Waals surface area contributed by atoms with Crippen LogP contribution in [0.3, 0.4) is 0 Å². The zero-order valence-electron chi connectivity index (χ0n) is 9.70. The summed E-state index contributed by atoms with van der Waals surface area (Å²) in [5, 5.41) is 7.12. The van der Waals surface area contributed by atoms with Gasteiger partial charge < -0.3 is 9.84 Å². The van der Waals surface area contributed by atoms with Crippen molar-refractivity contribution in [1.29, 1.82) is 0 Å². The van der Waals surface area contributed by atoms with Gasteiger partial charge in [-0.15, -0.1) is 0 Å². The van der Waals surface area contributed by atoms with Crippen LogP contribution in [0, 0.1) is 5.92 Å². The SMILES string of the molecule is CCCCC(CC)CNCc1ncon1. The second-order valence-electron chi connectivity index (χ2n) is 3.89. The zero-order chi connectivity index (χ0) is 10.9. The van der Waals surface area contributed by atoms with E-state index in [1.807, 2.05) is 0 Å². The molecular formula is C11H21N3O. The molecule has 0 spiro atoms. The third kappa shape index (κ3) is 4.93. The highest BCUT2D eigenvalue weighted by Crippen LogP contribution is 2.11. The van der Waals surface area contributed by atoms with Crippen LogP contribution in [-0.2, 0) is 6.54 Å². The molecule has 4 nitrogen and oxygen atoms in total. The molecule has 1 heterocycles. The van der Waals surface area contributed by atoms with E-state index in [1.54, 1.807) is 0 Å². The molecule has 1 atom stereocenters. The van der Waals surface area contributed by atoms with Crippen molar-refractivity contribution in [2.45, 2.75) is 46.1 Å². The molecule has 0 aliphatic carbocycles. The van der Waals surface area contributed by atoms with Gasteiger partial charge in [0, 0.05) is 0 Å². The van der Waals surface area contributed by atoms with Crippen molar-refractivity contribution in [3.05, 3.63) is 12.2 Å². The Morgan fingerprint density at radius 3 is 2.93 bits per heavy atom. The molecule has 0 radical (unpaired) electrons. The lowest BCUT2D eigenvalue weighted by atomic mass is 9.99. The fourth-order valence-corrected chi connectivity index (χ4v) is 1.60. The highest BCUT2D eigenvalue weighted by Gasteiger charge is 2.05. The highest BCUT2D eigenvalue weighted by molar-refractivity contribution is 4.76. The fourth-order valence-electron chi connectivity index (χ4n) is 1.60. The third-order valence-electron chi connectivity index (χ3n) is 2.67. The van der Waals surface area contributed by atoms with Crippen LogP contribution in [0.5, 0.6) is 0 Å². The summed E-state index contributed by atoms with van der Waals surface area (Å²) in [5.41, 5.74) is 0. The van der Waals surface area contributed by atoms with Gasteiger partial charge >= 0.3 is 0 Å². The standard InChI is InChI=1S/C11H21N3O/c1-3-5-6-10(4-2)7-12-8-11-13-9-15-14-11/h9-10,12H,3-8H2,1-2H3. The number of rotatable bonds is 8. The molecule has 86 valence electrons. The molecule has 1 aromatic heterocycles. The Bertz CT molecular complexity index is 236. The Hall–Kier alpha value is -0.900. The molecule has 0 saturated carbocycles. The normalized spacial score (nSPS) is 12.9. The number of hydrogen-bond acceptors (Lipinski definition) is 4. The molecular weight excluding hydrogens is 190 g/mol. The predicted octanol–water partition coefficient (Wildman–Crippen LogP) is 2.38. The van der Waals surface area contributed by atoms with E-state index in [-0.39, 0.29) is 0 Å². The zero-order valence-corrected chi connectivity index (χ0v) is 9.70. The van der Waals surface area contributed by atoms with Crippen LogP contribution in [0.25, 0.3) is 0 Å². The fraction of sp³-hybridized carbons (Fsp3) is 0.818. The smallest absolute Gasteiger partial charge is 0.213 e. The van der Waals surface area contributed by atoms with Crippen LogP contribution >= 0.6 is 0 Å². The molecule has 0 aromatic carbocycles. The Morgan fingerprint density at radius 2 is 2.33 bits per heavy atom. The van der Waals surface area contributed by atoms with E-state index in [0.29, 0.717) is 6.54 Å². The van der Waals surface area contributed by atoms with Crippen LogP contribution in [0.4, 0.5) is 0 Å². The lowest BCUT2D eigenvalue weighted by Gasteiger charge is -2.14. The maximum atomic E-state index is 4.66. The van der Waals surface area contributed by atoms with E-state index < -0.39 is 0 Å². The minimum atomic E-state index is 0.707. The van der Waals surface area contributed by atoms with Crippen molar-refractivity contribution in [2.75, 3.05) is 6.54 Å². The van der Waals surface area contributed by atoms with Crippen molar-refractivity contribution in [2.24, 2.45) is 5.92 Å². The first kappa shape index (κ1) is 12.2. The summed E-state index contributed by atoms with van der Waals surface area (Å²) in [5.74, 6) is 1.51. The Labute approximate surface area is 91.5 Å². The molecule has 0 aliphatic heterocycles. The molecule has 0 bridgehead atoms. The average molecular weight is 211 g/mol. The molecule has 0 aliphatic rings. The number of nitrogens with one attached hydrogen (secondary N) is 1. The maximum Gasteiger partial charge on any atom is 0.213 e. The molecule has 1 unspecified atom stereocenters. The van der Waals surface area contributed by atoms with E-state index >= 15 is 0 Å². The van der Waals surface area contributed by atoms with Crippen LogP contribution in [0.1, 0.15) is 45.4 Å². The van der Waals surface area contributed by atoms with Crippen LogP contribution < -0.4 is 5.32 Å². The summed E-state index contributed by atoms with van der Waals surface area (Å²) in [4.78, 5) is 3.96. The first-order chi connectivity index (χ1) is 7.36. The molecule has 4 heteroatoms. The summed E-state index contributed by atoms with van der Waals surface area (Å²) in [6, 6.07) is 0. The Morgan fingerprint density at radius 1 is 1.47 bits per heavy atom. The minimum absolute atomic E-state index is 0.707. The summed E-state index contributed by atoms with van der Waals surface area (Å²) >= 11 is 0. The average Bonchev–Trinajstić information content (AvgIpc) is 2.76. The van der Waals surface area contributed by atoms with Gasteiger partial charge in [-0.2, -0.15) is 4.98 Å². The van der Waals surface area contributed by atoms with Gasteiger partial charge in [-0.1, -0.05) is 38.3 Å². The summed E-state index contributed by atoms with van der Waals surface area (Å²) in [7, 11) is 0. The summed E-state index contributed by atoms with van der Waals surface area (Å²) < 4.78 is 4.66. The van der Waals surface area contributed by atoms with Gasteiger partial charge in [0.1, 0.15) is 0 Å². The van der Waals surface area contributed by atoms with E-state index in [2.05, 4.69) is 33.8 Å². The maximum absolute atomic E-state index is 4.66. The third-order valence-corrected chi connectivity index (χ3v) is 2.67.